The van der Waals surface area contributed by atoms with Crippen molar-refractivity contribution in [3.63, 3.8) is 0 Å². The highest BCUT2D eigenvalue weighted by Crippen LogP contribution is 2.50. The van der Waals surface area contributed by atoms with Gasteiger partial charge >= 0.3 is 0 Å². The Morgan fingerprint density at radius 3 is 2.48 bits per heavy atom. The van der Waals surface area contributed by atoms with Crippen molar-refractivity contribution in [2.45, 2.75) is 30.7 Å². The lowest BCUT2D eigenvalue weighted by Crippen LogP contribution is -2.46. The maximum atomic E-state index is 13.1. The normalized spacial score (nSPS) is 27.2. The van der Waals surface area contributed by atoms with Gasteiger partial charge in [-0.2, -0.15) is 0 Å². The number of carbonyl (C=O) groups is 1. The zero-order chi connectivity index (χ0) is 15.9. The molecule has 0 bridgehead atoms. The minimum Gasteiger partial charge on any atom is -0.379 e. The lowest BCUT2D eigenvalue weighted by atomic mass is 9.94. The Bertz CT molecular complexity index is 579. The van der Waals surface area contributed by atoms with Gasteiger partial charge in [-0.3, -0.25) is 9.69 Å². The third-order valence-corrected chi connectivity index (χ3v) is 6.10. The SMILES string of the molecule is O=C(N1CC[C@H](N2CCOCC2)C1)C1(c2ccc(Br)cc2)CC1. The zero-order valence-corrected chi connectivity index (χ0v) is 14.9. The molecule has 23 heavy (non-hydrogen) atoms. The van der Waals surface area contributed by atoms with E-state index >= 15 is 0 Å². The van der Waals surface area contributed by atoms with E-state index in [0.717, 1.165) is 63.1 Å². The number of hydrogen-bond donors (Lipinski definition) is 0. The van der Waals surface area contributed by atoms with Gasteiger partial charge in [-0.15, -0.1) is 0 Å². The van der Waals surface area contributed by atoms with Crippen LogP contribution in [-0.2, 0) is 14.9 Å². The van der Waals surface area contributed by atoms with Crippen molar-refractivity contribution < 1.29 is 9.53 Å². The molecule has 1 aromatic rings. The summed E-state index contributed by atoms with van der Waals surface area (Å²) < 4.78 is 6.51. The molecule has 0 N–H and O–H groups in total. The van der Waals surface area contributed by atoms with Crippen LogP contribution in [0.2, 0.25) is 0 Å². The number of ether oxygens (including phenoxy) is 1. The Kier molecular flexibility index (Phi) is 4.20. The molecule has 4 rings (SSSR count). The molecule has 0 spiro atoms. The Hall–Kier alpha value is -0.910. The lowest BCUT2D eigenvalue weighted by molar-refractivity contribution is -0.133. The van der Waals surface area contributed by atoms with Crippen LogP contribution in [0.25, 0.3) is 0 Å². The summed E-state index contributed by atoms with van der Waals surface area (Å²) in [5.41, 5.74) is 0.946. The molecular formula is C18H23BrN2O2. The molecule has 0 unspecified atom stereocenters. The molecule has 1 aliphatic carbocycles. The van der Waals surface area contributed by atoms with Crippen molar-refractivity contribution in [3.8, 4) is 0 Å². The van der Waals surface area contributed by atoms with Crippen molar-refractivity contribution in [2.75, 3.05) is 39.4 Å². The van der Waals surface area contributed by atoms with Crippen molar-refractivity contribution in [1.29, 1.82) is 0 Å². The lowest BCUT2D eigenvalue weighted by Gasteiger charge is -2.32. The van der Waals surface area contributed by atoms with E-state index in [2.05, 4.69) is 37.9 Å². The van der Waals surface area contributed by atoms with Gasteiger partial charge in [0.15, 0.2) is 0 Å². The number of nitrogens with zero attached hydrogens (tertiary/aromatic N) is 2. The summed E-state index contributed by atoms with van der Waals surface area (Å²) in [4.78, 5) is 17.7. The fraction of sp³-hybridized carbons (Fsp3) is 0.611. The van der Waals surface area contributed by atoms with Crippen LogP contribution in [0.3, 0.4) is 0 Å². The molecule has 0 aromatic heterocycles. The standard InChI is InChI=1S/C18H23BrN2O2/c19-15-3-1-14(2-4-15)18(6-7-18)17(22)21-8-5-16(13-21)20-9-11-23-12-10-20/h1-4,16H,5-13H2/t16-/m0/s1. The van der Waals surface area contributed by atoms with Crippen LogP contribution in [0.5, 0.6) is 0 Å². The van der Waals surface area contributed by atoms with Crippen LogP contribution in [0, 0.1) is 0 Å². The second-order valence-electron chi connectivity index (χ2n) is 6.93. The highest BCUT2D eigenvalue weighted by molar-refractivity contribution is 9.10. The first kappa shape index (κ1) is 15.6. The smallest absolute Gasteiger partial charge is 0.233 e. The molecule has 2 aliphatic heterocycles. The van der Waals surface area contributed by atoms with Gasteiger partial charge < -0.3 is 9.64 Å². The minimum atomic E-state index is -0.236. The van der Waals surface area contributed by atoms with Crippen molar-refractivity contribution in [1.82, 2.24) is 9.80 Å². The molecule has 0 radical (unpaired) electrons. The Morgan fingerprint density at radius 1 is 1.13 bits per heavy atom. The monoisotopic (exact) mass is 378 g/mol. The van der Waals surface area contributed by atoms with E-state index in [1.807, 2.05) is 12.1 Å². The van der Waals surface area contributed by atoms with Gasteiger partial charge in [0, 0.05) is 36.7 Å². The summed E-state index contributed by atoms with van der Waals surface area (Å²) in [7, 11) is 0. The van der Waals surface area contributed by atoms with Crippen molar-refractivity contribution >= 4 is 21.8 Å². The molecule has 1 saturated carbocycles. The molecular weight excluding hydrogens is 356 g/mol. The second-order valence-corrected chi connectivity index (χ2v) is 7.85. The predicted octanol–water partition coefficient (Wildman–Crippen LogP) is 2.41. The predicted molar refractivity (Wildman–Crippen MR) is 92.4 cm³/mol. The van der Waals surface area contributed by atoms with Crippen LogP contribution in [0.15, 0.2) is 28.7 Å². The number of rotatable bonds is 3. The molecule has 1 atom stereocenters. The number of likely N-dealkylation sites (tertiary alicyclic amines) is 1. The number of morpholine rings is 1. The van der Waals surface area contributed by atoms with E-state index in [-0.39, 0.29) is 5.41 Å². The number of carbonyl (C=O) groups excluding carboxylic acids is 1. The van der Waals surface area contributed by atoms with Gasteiger partial charge in [-0.25, -0.2) is 0 Å². The Balaban J connectivity index is 1.44. The van der Waals surface area contributed by atoms with Crippen LogP contribution >= 0.6 is 15.9 Å². The summed E-state index contributed by atoms with van der Waals surface area (Å²) in [5.74, 6) is 0.343. The van der Waals surface area contributed by atoms with E-state index < -0.39 is 0 Å². The van der Waals surface area contributed by atoms with E-state index in [4.69, 9.17) is 4.74 Å². The molecule has 2 saturated heterocycles. The molecule has 4 nitrogen and oxygen atoms in total. The number of benzene rings is 1. The van der Waals surface area contributed by atoms with E-state index in [1.165, 1.54) is 5.56 Å². The van der Waals surface area contributed by atoms with Crippen LogP contribution in [-0.4, -0.2) is 61.1 Å². The molecule has 1 aromatic carbocycles. The third kappa shape index (κ3) is 2.94. The molecule has 3 aliphatic rings. The first-order chi connectivity index (χ1) is 11.2. The third-order valence-electron chi connectivity index (χ3n) is 5.57. The van der Waals surface area contributed by atoms with Gasteiger partial charge in [0.25, 0.3) is 0 Å². The molecule has 1 amide bonds. The van der Waals surface area contributed by atoms with Gasteiger partial charge in [0.2, 0.25) is 5.91 Å². The maximum absolute atomic E-state index is 13.1. The largest absolute Gasteiger partial charge is 0.379 e. The quantitative estimate of drug-likeness (QED) is 0.809. The van der Waals surface area contributed by atoms with Gasteiger partial charge in [-0.05, 0) is 37.0 Å². The number of amides is 1. The van der Waals surface area contributed by atoms with Gasteiger partial charge in [-0.1, -0.05) is 28.1 Å². The van der Waals surface area contributed by atoms with Crippen molar-refractivity contribution in [2.24, 2.45) is 0 Å². The van der Waals surface area contributed by atoms with E-state index in [1.54, 1.807) is 0 Å². The van der Waals surface area contributed by atoms with E-state index in [0.29, 0.717) is 11.9 Å². The zero-order valence-electron chi connectivity index (χ0n) is 13.3. The van der Waals surface area contributed by atoms with Crippen LogP contribution in [0.4, 0.5) is 0 Å². The van der Waals surface area contributed by atoms with E-state index in [9.17, 15) is 4.79 Å². The highest BCUT2D eigenvalue weighted by atomic mass is 79.9. The summed E-state index contributed by atoms with van der Waals surface area (Å²) >= 11 is 3.48. The average Bonchev–Trinajstić information content (AvgIpc) is 3.25. The van der Waals surface area contributed by atoms with Crippen LogP contribution in [0.1, 0.15) is 24.8 Å². The van der Waals surface area contributed by atoms with Gasteiger partial charge in [0.1, 0.15) is 0 Å². The number of halogens is 1. The first-order valence-electron chi connectivity index (χ1n) is 8.56. The summed E-state index contributed by atoms with van der Waals surface area (Å²) in [6.45, 7) is 5.45. The fourth-order valence-corrected chi connectivity index (χ4v) is 4.25. The number of hydrogen-bond acceptors (Lipinski definition) is 3. The second kappa shape index (κ2) is 6.19. The minimum absolute atomic E-state index is 0.236. The fourth-order valence-electron chi connectivity index (χ4n) is 3.99. The van der Waals surface area contributed by atoms with Gasteiger partial charge in [0.05, 0.1) is 18.6 Å². The molecule has 3 fully saturated rings. The molecule has 124 valence electrons. The summed E-state index contributed by atoms with van der Waals surface area (Å²) in [6.07, 6.45) is 3.08. The molecule has 5 heteroatoms. The Labute approximate surface area is 145 Å². The Morgan fingerprint density at radius 2 is 1.83 bits per heavy atom. The summed E-state index contributed by atoms with van der Waals surface area (Å²) in [6, 6.07) is 8.81. The first-order valence-corrected chi connectivity index (χ1v) is 9.36. The highest BCUT2D eigenvalue weighted by Gasteiger charge is 2.53. The average molecular weight is 379 g/mol. The summed E-state index contributed by atoms with van der Waals surface area (Å²) in [5, 5.41) is 0. The van der Waals surface area contributed by atoms with Crippen LogP contribution < -0.4 is 0 Å². The maximum Gasteiger partial charge on any atom is 0.233 e. The topological polar surface area (TPSA) is 32.8 Å². The molecule has 2 heterocycles. The van der Waals surface area contributed by atoms with Crippen molar-refractivity contribution in [3.05, 3.63) is 34.3 Å².